The van der Waals surface area contributed by atoms with Crippen LogP contribution in [0.25, 0.3) is 0 Å². The van der Waals surface area contributed by atoms with Crippen molar-refractivity contribution in [2.24, 2.45) is 0 Å². The Labute approximate surface area is 122 Å². The van der Waals surface area contributed by atoms with Gasteiger partial charge in [0, 0.05) is 29.5 Å². The van der Waals surface area contributed by atoms with E-state index >= 15 is 0 Å². The lowest BCUT2D eigenvalue weighted by molar-refractivity contribution is -0.118. The van der Waals surface area contributed by atoms with E-state index in [0.29, 0.717) is 12.3 Å². The monoisotopic (exact) mass is 290 g/mol. The zero-order chi connectivity index (χ0) is 14.2. The van der Waals surface area contributed by atoms with E-state index in [1.54, 1.807) is 12.4 Å². The van der Waals surface area contributed by atoms with Crippen LogP contribution < -0.4 is 5.32 Å². The van der Waals surface area contributed by atoms with Crippen molar-refractivity contribution >= 4 is 17.7 Å². The number of carbonyl (C=O) groups is 1. The molecule has 0 aliphatic carbocycles. The van der Waals surface area contributed by atoms with E-state index in [-0.39, 0.29) is 5.91 Å². The average Bonchev–Trinajstić information content (AvgIpc) is 2.88. The molecular weight excluding hydrogens is 272 g/mol. The molecule has 2 aromatic rings. The zero-order valence-electron chi connectivity index (χ0n) is 11.4. The first-order chi connectivity index (χ1) is 9.75. The van der Waals surface area contributed by atoms with Gasteiger partial charge in [0.2, 0.25) is 5.91 Å². The van der Waals surface area contributed by atoms with E-state index in [1.165, 1.54) is 17.3 Å². The molecule has 6 heteroatoms. The van der Waals surface area contributed by atoms with Crippen LogP contribution >= 0.6 is 11.8 Å². The molecule has 0 saturated heterocycles. The van der Waals surface area contributed by atoms with Gasteiger partial charge in [-0.25, -0.2) is 0 Å². The molecule has 2 N–H and O–H groups in total. The molecule has 2 aromatic heterocycles. The Bertz CT molecular complexity index is 541. The molecule has 0 spiro atoms. The molecule has 20 heavy (non-hydrogen) atoms. The van der Waals surface area contributed by atoms with Gasteiger partial charge in [-0.2, -0.15) is 5.10 Å². The first-order valence-electron chi connectivity index (χ1n) is 6.54. The number of hydrogen-bond donors (Lipinski definition) is 2. The summed E-state index contributed by atoms with van der Waals surface area (Å²) in [6.45, 7) is 2.70. The highest BCUT2D eigenvalue weighted by Gasteiger charge is 2.03. The molecule has 0 atom stereocenters. The second-order valence-corrected chi connectivity index (χ2v) is 5.49. The van der Waals surface area contributed by atoms with E-state index in [0.717, 1.165) is 23.4 Å². The number of H-pyrrole nitrogens is 1. The van der Waals surface area contributed by atoms with Crippen molar-refractivity contribution in [1.29, 1.82) is 0 Å². The summed E-state index contributed by atoms with van der Waals surface area (Å²) < 4.78 is 0. The van der Waals surface area contributed by atoms with Gasteiger partial charge in [0.25, 0.3) is 0 Å². The van der Waals surface area contributed by atoms with Crippen LogP contribution in [-0.2, 0) is 11.2 Å². The Morgan fingerprint density at radius 2 is 2.20 bits per heavy atom. The third kappa shape index (κ3) is 4.70. The van der Waals surface area contributed by atoms with E-state index < -0.39 is 0 Å². The first kappa shape index (κ1) is 14.6. The first-order valence-corrected chi connectivity index (χ1v) is 7.52. The van der Waals surface area contributed by atoms with Gasteiger partial charge in [-0.05, 0) is 37.5 Å². The van der Waals surface area contributed by atoms with Crippen LogP contribution in [0.5, 0.6) is 0 Å². The van der Waals surface area contributed by atoms with Crippen molar-refractivity contribution in [3.8, 4) is 0 Å². The van der Waals surface area contributed by atoms with Crippen molar-refractivity contribution in [3.05, 3.63) is 42.0 Å². The average molecular weight is 290 g/mol. The summed E-state index contributed by atoms with van der Waals surface area (Å²) in [7, 11) is 0. The maximum absolute atomic E-state index is 11.7. The fourth-order valence-corrected chi connectivity index (χ4v) is 2.48. The molecule has 0 radical (unpaired) electrons. The minimum absolute atomic E-state index is 0.0655. The quantitative estimate of drug-likeness (QED) is 0.604. The van der Waals surface area contributed by atoms with Crippen LogP contribution in [0.1, 0.15) is 17.7 Å². The molecular formula is C14H18N4OS. The highest BCUT2D eigenvalue weighted by atomic mass is 32.2. The van der Waals surface area contributed by atoms with Crippen LogP contribution in [0.15, 0.2) is 35.6 Å². The highest BCUT2D eigenvalue weighted by Crippen LogP contribution is 2.15. The maximum Gasteiger partial charge on any atom is 0.230 e. The molecule has 0 bridgehead atoms. The van der Waals surface area contributed by atoms with Gasteiger partial charge in [0.15, 0.2) is 0 Å². The van der Waals surface area contributed by atoms with Gasteiger partial charge < -0.3 is 5.32 Å². The molecule has 5 nitrogen and oxygen atoms in total. The van der Waals surface area contributed by atoms with Crippen LogP contribution in [0.2, 0.25) is 0 Å². The summed E-state index contributed by atoms with van der Waals surface area (Å²) in [5.74, 6) is 0.505. The number of aromatic amines is 1. The van der Waals surface area contributed by atoms with Gasteiger partial charge in [0.1, 0.15) is 0 Å². The molecule has 0 aliphatic rings. The molecule has 0 unspecified atom stereocenters. The molecule has 1 amide bonds. The standard InChI is InChI=1S/C14H18N4OS/c1-11-12(9-17-18-11)3-2-6-16-14(19)10-20-13-4-7-15-8-5-13/h4-5,7-9H,2-3,6,10H2,1H3,(H,16,19)(H,17,18). The zero-order valence-corrected chi connectivity index (χ0v) is 12.2. The number of nitrogens with zero attached hydrogens (tertiary/aromatic N) is 2. The molecule has 0 aliphatic heterocycles. The number of thioether (sulfide) groups is 1. The van der Waals surface area contributed by atoms with Gasteiger partial charge in [-0.15, -0.1) is 11.8 Å². The number of amides is 1. The molecule has 2 rings (SSSR count). The lowest BCUT2D eigenvalue weighted by atomic mass is 10.1. The van der Waals surface area contributed by atoms with Gasteiger partial charge in [-0.3, -0.25) is 14.9 Å². The number of carbonyl (C=O) groups excluding carboxylic acids is 1. The third-order valence-corrected chi connectivity index (χ3v) is 3.91. The number of aromatic nitrogens is 3. The summed E-state index contributed by atoms with van der Waals surface area (Å²) in [6.07, 6.45) is 7.16. The second kappa shape index (κ2) is 7.69. The van der Waals surface area contributed by atoms with Crippen LogP contribution in [0, 0.1) is 6.92 Å². The molecule has 2 heterocycles. The largest absolute Gasteiger partial charge is 0.355 e. The van der Waals surface area contributed by atoms with Gasteiger partial charge in [0.05, 0.1) is 11.9 Å². The number of rotatable bonds is 7. The predicted octanol–water partition coefficient (Wildman–Crippen LogP) is 1.95. The molecule has 106 valence electrons. The summed E-state index contributed by atoms with van der Waals surface area (Å²) in [5, 5.41) is 9.82. The van der Waals surface area contributed by atoms with Crippen LogP contribution in [0.3, 0.4) is 0 Å². The van der Waals surface area contributed by atoms with Crippen molar-refractivity contribution in [1.82, 2.24) is 20.5 Å². The van der Waals surface area contributed by atoms with Crippen molar-refractivity contribution in [2.75, 3.05) is 12.3 Å². The predicted molar refractivity (Wildman–Crippen MR) is 79.6 cm³/mol. The Balaban J connectivity index is 1.60. The molecule has 0 saturated carbocycles. The number of hydrogen-bond acceptors (Lipinski definition) is 4. The number of aryl methyl sites for hydroxylation is 2. The smallest absolute Gasteiger partial charge is 0.230 e. The topological polar surface area (TPSA) is 70.7 Å². The fraction of sp³-hybridized carbons (Fsp3) is 0.357. The summed E-state index contributed by atoms with van der Waals surface area (Å²) in [5.41, 5.74) is 2.31. The number of pyridine rings is 1. The van der Waals surface area contributed by atoms with Crippen molar-refractivity contribution in [2.45, 2.75) is 24.7 Å². The SMILES string of the molecule is Cc1[nH]ncc1CCCNC(=O)CSc1ccncc1. The minimum Gasteiger partial charge on any atom is -0.355 e. The fourth-order valence-electron chi connectivity index (χ4n) is 1.77. The Hall–Kier alpha value is -1.82. The Kier molecular flexibility index (Phi) is 5.61. The van der Waals surface area contributed by atoms with E-state index in [9.17, 15) is 4.79 Å². The maximum atomic E-state index is 11.7. The summed E-state index contributed by atoms with van der Waals surface area (Å²) in [4.78, 5) is 16.7. The van der Waals surface area contributed by atoms with Crippen molar-refractivity contribution < 1.29 is 4.79 Å². The Morgan fingerprint density at radius 3 is 2.90 bits per heavy atom. The normalized spacial score (nSPS) is 10.4. The highest BCUT2D eigenvalue weighted by molar-refractivity contribution is 8.00. The van der Waals surface area contributed by atoms with E-state index in [4.69, 9.17) is 0 Å². The van der Waals surface area contributed by atoms with Crippen LogP contribution in [0.4, 0.5) is 0 Å². The van der Waals surface area contributed by atoms with E-state index in [2.05, 4.69) is 20.5 Å². The molecule has 0 fully saturated rings. The van der Waals surface area contributed by atoms with Gasteiger partial charge in [-0.1, -0.05) is 0 Å². The van der Waals surface area contributed by atoms with Gasteiger partial charge >= 0.3 is 0 Å². The number of nitrogens with one attached hydrogen (secondary N) is 2. The van der Waals surface area contributed by atoms with Crippen LogP contribution in [-0.4, -0.2) is 33.4 Å². The minimum atomic E-state index is 0.0655. The lowest BCUT2D eigenvalue weighted by Gasteiger charge is -2.05. The Morgan fingerprint density at radius 1 is 1.40 bits per heavy atom. The summed E-state index contributed by atoms with van der Waals surface area (Å²) >= 11 is 1.52. The second-order valence-electron chi connectivity index (χ2n) is 4.45. The molecule has 0 aromatic carbocycles. The van der Waals surface area contributed by atoms with Crippen molar-refractivity contribution in [3.63, 3.8) is 0 Å². The third-order valence-electron chi connectivity index (χ3n) is 2.90. The summed E-state index contributed by atoms with van der Waals surface area (Å²) in [6, 6.07) is 3.80. The van der Waals surface area contributed by atoms with E-state index in [1.807, 2.05) is 25.3 Å². The lowest BCUT2D eigenvalue weighted by Crippen LogP contribution is -2.26.